The summed E-state index contributed by atoms with van der Waals surface area (Å²) in [6, 6.07) is 5.82. The molecule has 0 unspecified atom stereocenters. The number of nitrogens with zero attached hydrogens (tertiary/aromatic N) is 1. The molecule has 1 aromatic rings. The highest BCUT2D eigenvalue weighted by atomic mass is 35.5. The highest BCUT2D eigenvalue weighted by Crippen LogP contribution is 2.22. The van der Waals surface area contributed by atoms with Crippen LogP contribution in [0.25, 0.3) is 0 Å². The van der Waals surface area contributed by atoms with Crippen LogP contribution in [0.15, 0.2) is 18.2 Å². The van der Waals surface area contributed by atoms with Crippen LogP contribution in [-0.4, -0.2) is 51.8 Å². The van der Waals surface area contributed by atoms with Crippen LogP contribution >= 0.6 is 23.2 Å². The molecule has 19 heavy (non-hydrogen) atoms. The van der Waals surface area contributed by atoms with Gasteiger partial charge in [-0.05, 0) is 31.2 Å². The number of likely N-dealkylation sites (N-methyl/N-ethyl adjacent to an activating group) is 1. The van der Waals surface area contributed by atoms with E-state index in [1.807, 2.05) is 18.2 Å². The summed E-state index contributed by atoms with van der Waals surface area (Å²) in [6.07, 6.45) is 0.978. The Bertz CT molecular complexity index is 374. The number of benzene rings is 1. The van der Waals surface area contributed by atoms with Crippen molar-refractivity contribution in [1.29, 1.82) is 0 Å². The first kappa shape index (κ1) is 16.7. The molecule has 3 nitrogen and oxygen atoms in total. The quantitative estimate of drug-likeness (QED) is 0.710. The third kappa shape index (κ3) is 7.14. The molecule has 0 aliphatic rings. The fourth-order valence-corrected chi connectivity index (χ4v) is 2.02. The van der Waals surface area contributed by atoms with Crippen molar-refractivity contribution in [3.8, 4) is 0 Å². The molecule has 0 aliphatic carbocycles. The molecular formula is C14H22Cl2N2O. The predicted molar refractivity (Wildman–Crippen MR) is 82.4 cm³/mol. The molecule has 1 N–H and O–H groups in total. The van der Waals surface area contributed by atoms with Crippen LogP contribution in [0.1, 0.15) is 5.56 Å². The van der Waals surface area contributed by atoms with E-state index in [9.17, 15) is 0 Å². The topological polar surface area (TPSA) is 24.5 Å². The Labute approximate surface area is 125 Å². The van der Waals surface area contributed by atoms with E-state index in [0.29, 0.717) is 10.0 Å². The molecule has 1 rings (SSSR count). The molecule has 0 aromatic heterocycles. The first-order valence-corrected chi connectivity index (χ1v) is 7.21. The lowest BCUT2D eigenvalue weighted by molar-refractivity contribution is 0.198. The summed E-state index contributed by atoms with van der Waals surface area (Å²) in [6.45, 7) is 4.65. The first-order valence-electron chi connectivity index (χ1n) is 6.45. The molecule has 0 saturated carbocycles. The molecule has 0 radical (unpaired) electrons. The monoisotopic (exact) mass is 304 g/mol. The minimum absolute atomic E-state index is 0.612. The second-order valence-electron chi connectivity index (χ2n) is 4.54. The van der Waals surface area contributed by atoms with E-state index < -0.39 is 0 Å². The highest BCUT2D eigenvalue weighted by Gasteiger charge is 2.02. The van der Waals surface area contributed by atoms with Gasteiger partial charge in [0.05, 0.1) is 16.7 Å². The van der Waals surface area contributed by atoms with Crippen molar-refractivity contribution in [2.75, 3.05) is 46.9 Å². The summed E-state index contributed by atoms with van der Waals surface area (Å²) in [7, 11) is 3.83. The zero-order valence-corrected chi connectivity index (χ0v) is 13.1. The molecule has 0 heterocycles. The number of halogens is 2. The standard InChI is InChI=1S/C14H22Cl2N2O/c1-18(9-6-17-7-10-19-2)8-5-12-3-4-13(15)14(16)11-12/h3-4,11,17H,5-10H2,1-2H3. The van der Waals surface area contributed by atoms with Gasteiger partial charge in [-0.15, -0.1) is 0 Å². The Morgan fingerprint density at radius 2 is 1.95 bits per heavy atom. The van der Waals surface area contributed by atoms with Crippen LogP contribution in [-0.2, 0) is 11.2 Å². The van der Waals surface area contributed by atoms with Crippen molar-refractivity contribution in [3.05, 3.63) is 33.8 Å². The average Bonchev–Trinajstić information content (AvgIpc) is 2.40. The van der Waals surface area contributed by atoms with E-state index >= 15 is 0 Å². The third-order valence-electron chi connectivity index (χ3n) is 2.92. The lowest BCUT2D eigenvalue weighted by atomic mass is 10.1. The van der Waals surface area contributed by atoms with Crippen molar-refractivity contribution in [2.24, 2.45) is 0 Å². The van der Waals surface area contributed by atoms with Crippen molar-refractivity contribution in [2.45, 2.75) is 6.42 Å². The Kier molecular flexibility index (Phi) is 8.42. The third-order valence-corrected chi connectivity index (χ3v) is 3.66. The van der Waals surface area contributed by atoms with Gasteiger partial charge in [0.1, 0.15) is 0 Å². The zero-order valence-electron chi connectivity index (χ0n) is 11.6. The maximum absolute atomic E-state index is 5.99. The van der Waals surface area contributed by atoms with E-state index in [1.165, 1.54) is 5.56 Å². The number of hydrogen-bond donors (Lipinski definition) is 1. The summed E-state index contributed by atoms with van der Waals surface area (Å²) in [5.74, 6) is 0. The summed E-state index contributed by atoms with van der Waals surface area (Å²) in [5.41, 5.74) is 1.22. The van der Waals surface area contributed by atoms with Crippen LogP contribution in [0, 0.1) is 0 Å². The number of hydrogen-bond acceptors (Lipinski definition) is 3. The van der Waals surface area contributed by atoms with E-state index in [1.54, 1.807) is 7.11 Å². The van der Waals surface area contributed by atoms with Gasteiger partial charge in [0, 0.05) is 33.3 Å². The van der Waals surface area contributed by atoms with Crippen molar-refractivity contribution in [1.82, 2.24) is 10.2 Å². The maximum atomic E-state index is 5.99. The molecule has 0 amide bonds. The second-order valence-corrected chi connectivity index (χ2v) is 5.36. The van der Waals surface area contributed by atoms with Gasteiger partial charge in [0.2, 0.25) is 0 Å². The van der Waals surface area contributed by atoms with Crippen molar-refractivity contribution >= 4 is 23.2 Å². The molecule has 108 valence electrons. The summed E-state index contributed by atoms with van der Waals surface area (Å²) < 4.78 is 4.98. The minimum atomic E-state index is 0.612. The van der Waals surface area contributed by atoms with Gasteiger partial charge in [-0.3, -0.25) is 0 Å². The van der Waals surface area contributed by atoms with E-state index in [4.69, 9.17) is 27.9 Å². The Morgan fingerprint density at radius 3 is 2.63 bits per heavy atom. The van der Waals surface area contributed by atoms with E-state index in [-0.39, 0.29) is 0 Å². The summed E-state index contributed by atoms with van der Waals surface area (Å²) in [4.78, 5) is 2.29. The average molecular weight is 305 g/mol. The normalized spacial score (nSPS) is 11.2. The van der Waals surface area contributed by atoms with Gasteiger partial charge < -0.3 is 15.0 Å². The first-order chi connectivity index (χ1) is 9.13. The number of nitrogens with one attached hydrogen (secondary N) is 1. The number of ether oxygens (including phenoxy) is 1. The minimum Gasteiger partial charge on any atom is -0.383 e. The number of rotatable bonds is 9. The number of methoxy groups -OCH3 is 1. The Hall–Kier alpha value is -0.320. The lowest BCUT2D eigenvalue weighted by Gasteiger charge is -2.17. The van der Waals surface area contributed by atoms with Crippen LogP contribution in [0.3, 0.4) is 0 Å². The van der Waals surface area contributed by atoms with Crippen LogP contribution in [0.5, 0.6) is 0 Å². The maximum Gasteiger partial charge on any atom is 0.0595 e. The van der Waals surface area contributed by atoms with E-state index in [2.05, 4.69) is 17.3 Å². The molecule has 0 atom stereocenters. The van der Waals surface area contributed by atoms with Gasteiger partial charge in [0.25, 0.3) is 0 Å². The van der Waals surface area contributed by atoms with Gasteiger partial charge in [0.15, 0.2) is 0 Å². The molecule has 0 spiro atoms. The fourth-order valence-electron chi connectivity index (χ4n) is 1.70. The van der Waals surface area contributed by atoms with E-state index in [0.717, 1.165) is 39.2 Å². The Balaban J connectivity index is 2.18. The predicted octanol–water partition coefficient (Wildman–Crippen LogP) is 2.70. The zero-order chi connectivity index (χ0) is 14.1. The molecule has 0 bridgehead atoms. The lowest BCUT2D eigenvalue weighted by Crippen LogP contribution is -2.32. The molecule has 0 fully saturated rings. The van der Waals surface area contributed by atoms with Crippen LogP contribution in [0.2, 0.25) is 10.0 Å². The summed E-state index contributed by atoms with van der Waals surface area (Å²) >= 11 is 11.9. The molecule has 0 saturated heterocycles. The summed E-state index contributed by atoms with van der Waals surface area (Å²) in [5, 5.41) is 4.57. The fraction of sp³-hybridized carbons (Fsp3) is 0.571. The molecule has 5 heteroatoms. The van der Waals surface area contributed by atoms with Crippen LogP contribution in [0.4, 0.5) is 0 Å². The van der Waals surface area contributed by atoms with Crippen LogP contribution < -0.4 is 5.32 Å². The molecule has 0 aliphatic heterocycles. The van der Waals surface area contributed by atoms with Gasteiger partial charge >= 0.3 is 0 Å². The molecule has 1 aromatic carbocycles. The molecular weight excluding hydrogens is 283 g/mol. The highest BCUT2D eigenvalue weighted by molar-refractivity contribution is 6.42. The Morgan fingerprint density at radius 1 is 1.16 bits per heavy atom. The van der Waals surface area contributed by atoms with Gasteiger partial charge in [-0.25, -0.2) is 0 Å². The largest absolute Gasteiger partial charge is 0.383 e. The smallest absolute Gasteiger partial charge is 0.0595 e. The van der Waals surface area contributed by atoms with Crippen molar-refractivity contribution < 1.29 is 4.74 Å². The SMILES string of the molecule is COCCNCCN(C)CCc1ccc(Cl)c(Cl)c1. The van der Waals surface area contributed by atoms with Crippen molar-refractivity contribution in [3.63, 3.8) is 0 Å². The van der Waals surface area contributed by atoms with Gasteiger partial charge in [-0.2, -0.15) is 0 Å². The van der Waals surface area contributed by atoms with Gasteiger partial charge in [-0.1, -0.05) is 29.3 Å². The second kappa shape index (κ2) is 9.56.